The second kappa shape index (κ2) is 3.69. The minimum atomic E-state index is 0.609. The van der Waals surface area contributed by atoms with E-state index >= 15 is 0 Å². The fourth-order valence-electron chi connectivity index (χ4n) is 1.64. The van der Waals surface area contributed by atoms with Crippen LogP contribution in [0, 0.1) is 6.92 Å². The zero-order valence-electron chi connectivity index (χ0n) is 8.57. The van der Waals surface area contributed by atoms with Gasteiger partial charge in [-0.2, -0.15) is 0 Å². The van der Waals surface area contributed by atoms with Crippen LogP contribution in [0.1, 0.15) is 30.5 Å². The molecule has 0 aliphatic carbocycles. The number of hydrogen-bond acceptors (Lipinski definition) is 1. The molecule has 1 radical (unpaired) electrons. The zero-order valence-corrected chi connectivity index (χ0v) is 8.57. The standard InChI is InChI=1S/C11H17N2/c1-4-8-6-7(3)10(12)9(5-2)11(8)13/h6,12H,4-5,13H2,1-3H3. The number of hydrogen-bond donors (Lipinski definition) is 1. The molecule has 71 valence electrons. The van der Waals surface area contributed by atoms with Crippen molar-refractivity contribution < 1.29 is 0 Å². The van der Waals surface area contributed by atoms with E-state index in [0.29, 0.717) is 5.69 Å². The van der Waals surface area contributed by atoms with Crippen molar-refractivity contribution in [3.63, 3.8) is 0 Å². The molecule has 2 nitrogen and oxygen atoms in total. The summed E-state index contributed by atoms with van der Waals surface area (Å²) in [6.07, 6.45) is 1.79. The van der Waals surface area contributed by atoms with E-state index in [1.807, 2.05) is 19.9 Å². The van der Waals surface area contributed by atoms with Gasteiger partial charge in [-0.3, -0.25) is 0 Å². The highest BCUT2D eigenvalue weighted by molar-refractivity contribution is 5.67. The van der Waals surface area contributed by atoms with Crippen LogP contribution in [0.5, 0.6) is 0 Å². The number of nitrogen functional groups attached to an aromatic ring is 1. The van der Waals surface area contributed by atoms with E-state index in [-0.39, 0.29) is 0 Å². The number of benzene rings is 1. The molecule has 0 unspecified atom stereocenters. The van der Waals surface area contributed by atoms with Crippen molar-refractivity contribution in [1.82, 2.24) is 5.73 Å². The molecule has 0 spiro atoms. The lowest BCUT2D eigenvalue weighted by molar-refractivity contribution is 1.08. The Morgan fingerprint density at radius 3 is 2.38 bits per heavy atom. The highest BCUT2D eigenvalue weighted by Crippen LogP contribution is 2.29. The van der Waals surface area contributed by atoms with E-state index in [1.54, 1.807) is 0 Å². The van der Waals surface area contributed by atoms with E-state index in [9.17, 15) is 0 Å². The molecule has 0 amide bonds. The van der Waals surface area contributed by atoms with Crippen LogP contribution in [0.2, 0.25) is 0 Å². The van der Waals surface area contributed by atoms with Crippen LogP contribution in [0.3, 0.4) is 0 Å². The molecule has 1 aromatic rings. The van der Waals surface area contributed by atoms with Crippen LogP contribution in [-0.4, -0.2) is 0 Å². The van der Waals surface area contributed by atoms with Gasteiger partial charge < -0.3 is 11.5 Å². The maximum atomic E-state index is 7.83. The molecule has 2 heteroatoms. The second-order valence-corrected chi connectivity index (χ2v) is 3.33. The minimum Gasteiger partial charge on any atom is -0.398 e. The highest BCUT2D eigenvalue weighted by Gasteiger charge is 2.09. The van der Waals surface area contributed by atoms with Crippen molar-refractivity contribution in [1.29, 1.82) is 0 Å². The Kier molecular flexibility index (Phi) is 2.81. The normalized spacial score (nSPS) is 10.4. The molecule has 0 aromatic heterocycles. The molecule has 1 rings (SSSR count). The minimum absolute atomic E-state index is 0.609. The number of rotatable bonds is 2. The third-order valence-electron chi connectivity index (χ3n) is 2.49. The lowest BCUT2D eigenvalue weighted by Crippen LogP contribution is -2.01. The molecule has 0 aliphatic rings. The van der Waals surface area contributed by atoms with Crippen molar-refractivity contribution in [2.45, 2.75) is 33.6 Å². The SMILES string of the molecule is CCc1cc(C)c([NH])c(CC)c1N. The van der Waals surface area contributed by atoms with Crippen LogP contribution in [-0.2, 0) is 12.8 Å². The van der Waals surface area contributed by atoms with Crippen LogP contribution in [0.25, 0.3) is 0 Å². The van der Waals surface area contributed by atoms with E-state index in [4.69, 9.17) is 11.5 Å². The summed E-state index contributed by atoms with van der Waals surface area (Å²) in [5.74, 6) is 0. The van der Waals surface area contributed by atoms with E-state index in [2.05, 4.69) is 6.92 Å². The number of nitrogens with one attached hydrogen (secondary N) is 1. The van der Waals surface area contributed by atoms with Gasteiger partial charge in [-0.15, -0.1) is 0 Å². The average molecular weight is 177 g/mol. The van der Waals surface area contributed by atoms with Gasteiger partial charge in [0.25, 0.3) is 0 Å². The Morgan fingerprint density at radius 2 is 1.92 bits per heavy atom. The third-order valence-corrected chi connectivity index (χ3v) is 2.49. The molecule has 0 bridgehead atoms. The Balaban J connectivity index is 3.39. The van der Waals surface area contributed by atoms with Crippen molar-refractivity contribution in [3.05, 3.63) is 22.8 Å². The molecule has 1 aromatic carbocycles. The van der Waals surface area contributed by atoms with Crippen molar-refractivity contribution in [2.24, 2.45) is 0 Å². The van der Waals surface area contributed by atoms with E-state index < -0.39 is 0 Å². The third kappa shape index (κ3) is 1.62. The summed E-state index contributed by atoms with van der Waals surface area (Å²) in [4.78, 5) is 0. The van der Waals surface area contributed by atoms with Gasteiger partial charge in [-0.25, -0.2) is 0 Å². The lowest BCUT2D eigenvalue weighted by Gasteiger charge is -2.13. The summed E-state index contributed by atoms with van der Waals surface area (Å²) in [6.45, 7) is 6.11. The Morgan fingerprint density at radius 1 is 1.31 bits per heavy atom. The Hall–Kier alpha value is -1.18. The summed E-state index contributed by atoms with van der Waals surface area (Å²) in [5, 5.41) is 0. The predicted molar refractivity (Wildman–Crippen MR) is 57.1 cm³/mol. The number of aryl methyl sites for hydroxylation is 2. The Bertz CT molecular complexity index is 316. The maximum absolute atomic E-state index is 7.83. The lowest BCUT2D eigenvalue weighted by atomic mass is 9.98. The molecule has 0 saturated carbocycles. The fraction of sp³-hybridized carbons (Fsp3) is 0.455. The fourth-order valence-corrected chi connectivity index (χ4v) is 1.64. The average Bonchev–Trinajstić information content (AvgIpc) is 2.12. The van der Waals surface area contributed by atoms with Crippen molar-refractivity contribution in [3.8, 4) is 0 Å². The van der Waals surface area contributed by atoms with Gasteiger partial charge in [0.05, 0.1) is 5.69 Å². The number of anilines is 1. The van der Waals surface area contributed by atoms with Gasteiger partial charge in [-0.05, 0) is 30.9 Å². The van der Waals surface area contributed by atoms with Gasteiger partial charge >= 0.3 is 0 Å². The molecule has 0 saturated heterocycles. The second-order valence-electron chi connectivity index (χ2n) is 3.33. The van der Waals surface area contributed by atoms with Gasteiger partial charge in [0.15, 0.2) is 0 Å². The van der Waals surface area contributed by atoms with Gasteiger partial charge in [0.2, 0.25) is 0 Å². The molecule has 0 fully saturated rings. The molecule has 3 N–H and O–H groups in total. The quantitative estimate of drug-likeness (QED) is 0.693. The highest BCUT2D eigenvalue weighted by atomic mass is 14.6. The summed E-state index contributed by atoms with van der Waals surface area (Å²) >= 11 is 0. The predicted octanol–water partition coefficient (Wildman–Crippen LogP) is 2.62. The van der Waals surface area contributed by atoms with Crippen LogP contribution < -0.4 is 11.5 Å². The Labute approximate surface area is 79.9 Å². The van der Waals surface area contributed by atoms with Gasteiger partial charge in [0.1, 0.15) is 0 Å². The first kappa shape index (κ1) is 9.90. The van der Waals surface area contributed by atoms with Crippen LogP contribution in [0.4, 0.5) is 11.4 Å². The largest absolute Gasteiger partial charge is 0.398 e. The molecule has 0 aliphatic heterocycles. The molecular formula is C11H17N2. The molecular weight excluding hydrogens is 160 g/mol. The first-order valence-electron chi connectivity index (χ1n) is 4.74. The molecule has 13 heavy (non-hydrogen) atoms. The van der Waals surface area contributed by atoms with E-state index in [1.165, 1.54) is 5.56 Å². The van der Waals surface area contributed by atoms with Crippen LogP contribution >= 0.6 is 0 Å². The first-order chi connectivity index (χ1) is 6.11. The topological polar surface area (TPSA) is 49.8 Å². The first-order valence-corrected chi connectivity index (χ1v) is 4.74. The summed E-state index contributed by atoms with van der Waals surface area (Å²) in [6, 6.07) is 2.02. The summed E-state index contributed by atoms with van der Waals surface area (Å²) in [5.41, 5.74) is 18.4. The summed E-state index contributed by atoms with van der Waals surface area (Å²) in [7, 11) is 0. The van der Waals surface area contributed by atoms with Gasteiger partial charge in [0, 0.05) is 11.3 Å². The van der Waals surface area contributed by atoms with Crippen LogP contribution in [0.15, 0.2) is 6.07 Å². The van der Waals surface area contributed by atoms with E-state index in [0.717, 1.165) is 29.7 Å². The van der Waals surface area contributed by atoms with Crippen molar-refractivity contribution >= 4 is 11.4 Å². The van der Waals surface area contributed by atoms with Crippen molar-refractivity contribution in [2.75, 3.05) is 5.73 Å². The molecule has 0 atom stereocenters. The van der Waals surface area contributed by atoms with Gasteiger partial charge in [-0.1, -0.05) is 19.9 Å². The smallest absolute Gasteiger partial charge is 0.0621 e. The maximum Gasteiger partial charge on any atom is 0.0621 e. The molecule has 0 heterocycles. The number of nitrogens with two attached hydrogens (primary N) is 1. The monoisotopic (exact) mass is 177 g/mol. The zero-order chi connectivity index (χ0) is 10.0. The summed E-state index contributed by atoms with van der Waals surface area (Å²) < 4.78 is 0.